The predicted molar refractivity (Wildman–Crippen MR) is 63.9 cm³/mol. The molecule has 3 N–H and O–H groups in total. The van der Waals surface area contributed by atoms with Crippen LogP contribution in [0.15, 0.2) is 0 Å². The first-order valence-electron chi connectivity index (χ1n) is 5.41. The minimum absolute atomic E-state index is 0.0954. The van der Waals surface area contributed by atoms with Gasteiger partial charge in [0.2, 0.25) is 0 Å². The van der Waals surface area contributed by atoms with Gasteiger partial charge in [-0.05, 0) is 6.42 Å². The number of rotatable bonds is 5. The zero-order chi connectivity index (χ0) is 11.3. The standard InChI is InChI=1S/C10H20N2O2S/c1-2-8(5-10(11)15)12-3-4-14-7-9(12)6-13/h8-9,13H,2-7H2,1H3,(H2,11,15). The van der Waals surface area contributed by atoms with Gasteiger partial charge in [0, 0.05) is 19.0 Å². The van der Waals surface area contributed by atoms with E-state index in [9.17, 15) is 5.11 Å². The van der Waals surface area contributed by atoms with Gasteiger partial charge in [-0.3, -0.25) is 4.90 Å². The van der Waals surface area contributed by atoms with E-state index in [0.29, 0.717) is 17.6 Å². The zero-order valence-electron chi connectivity index (χ0n) is 9.19. The number of nitrogens with zero attached hydrogens (tertiary/aromatic N) is 1. The molecule has 2 atom stereocenters. The van der Waals surface area contributed by atoms with Crippen LogP contribution < -0.4 is 5.73 Å². The molecule has 0 aliphatic carbocycles. The quantitative estimate of drug-likeness (QED) is 0.660. The third-order valence-corrected chi connectivity index (χ3v) is 3.03. The Hall–Kier alpha value is -0.230. The molecule has 0 aromatic rings. The molecule has 1 rings (SSSR count). The SMILES string of the molecule is CCC(CC(N)=S)N1CCOCC1CO. The molecule has 0 radical (unpaired) electrons. The molecule has 1 heterocycles. The normalized spacial score (nSPS) is 25.1. The van der Waals surface area contributed by atoms with Crippen LogP contribution in [0.25, 0.3) is 0 Å². The fourth-order valence-corrected chi connectivity index (χ4v) is 2.23. The maximum atomic E-state index is 9.25. The first-order valence-corrected chi connectivity index (χ1v) is 5.82. The first-order chi connectivity index (χ1) is 7.19. The Kier molecular flexibility index (Phi) is 5.45. The number of hydrogen-bond donors (Lipinski definition) is 2. The lowest BCUT2D eigenvalue weighted by molar-refractivity contribution is -0.0465. The molecule has 0 bridgehead atoms. The third kappa shape index (κ3) is 3.68. The van der Waals surface area contributed by atoms with Crippen LogP contribution in [-0.2, 0) is 4.74 Å². The predicted octanol–water partition coefficient (Wildman–Crippen LogP) is 0.134. The van der Waals surface area contributed by atoms with Crippen LogP contribution in [0.4, 0.5) is 0 Å². The Bertz CT molecular complexity index is 214. The number of ether oxygens (including phenoxy) is 1. The van der Waals surface area contributed by atoms with Crippen molar-refractivity contribution >= 4 is 17.2 Å². The van der Waals surface area contributed by atoms with Crippen molar-refractivity contribution in [3.63, 3.8) is 0 Å². The van der Waals surface area contributed by atoms with Gasteiger partial charge in [0.15, 0.2) is 0 Å². The van der Waals surface area contributed by atoms with Gasteiger partial charge in [-0.2, -0.15) is 0 Å². The summed E-state index contributed by atoms with van der Waals surface area (Å²) in [5.41, 5.74) is 5.57. The monoisotopic (exact) mass is 232 g/mol. The van der Waals surface area contributed by atoms with E-state index in [1.807, 2.05) is 0 Å². The maximum absolute atomic E-state index is 9.25. The van der Waals surface area contributed by atoms with Crippen LogP contribution in [0, 0.1) is 0 Å². The molecule has 1 aliphatic rings. The number of thiocarbonyl (C=S) groups is 1. The van der Waals surface area contributed by atoms with E-state index < -0.39 is 0 Å². The van der Waals surface area contributed by atoms with Gasteiger partial charge in [0.1, 0.15) is 0 Å². The van der Waals surface area contributed by atoms with Gasteiger partial charge in [-0.25, -0.2) is 0 Å². The highest BCUT2D eigenvalue weighted by molar-refractivity contribution is 7.80. The second kappa shape index (κ2) is 6.37. The smallest absolute Gasteiger partial charge is 0.0743 e. The lowest BCUT2D eigenvalue weighted by Gasteiger charge is -2.39. The van der Waals surface area contributed by atoms with Crippen molar-refractivity contribution < 1.29 is 9.84 Å². The first kappa shape index (κ1) is 12.8. The fourth-order valence-electron chi connectivity index (χ4n) is 2.03. The highest BCUT2D eigenvalue weighted by Gasteiger charge is 2.28. The third-order valence-electron chi connectivity index (χ3n) is 2.86. The van der Waals surface area contributed by atoms with Crippen molar-refractivity contribution in [2.75, 3.05) is 26.4 Å². The summed E-state index contributed by atoms with van der Waals surface area (Å²) < 4.78 is 5.34. The number of aliphatic hydroxyl groups excluding tert-OH is 1. The Morgan fingerprint density at radius 3 is 3.00 bits per heavy atom. The molecular formula is C10H20N2O2S. The second-order valence-electron chi connectivity index (χ2n) is 3.88. The summed E-state index contributed by atoms with van der Waals surface area (Å²) in [6, 6.07) is 0.432. The van der Waals surface area contributed by atoms with Gasteiger partial charge >= 0.3 is 0 Å². The van der Waals surface area contributed by atoms with Crippen LogP contribution in [0.2, 0.25) is 0 Å². The Morgan fingerprint density at radius 1 is 1.73 bits per heavy atom. The minimum atomic E-state index is 0.0954. The average molecular weight is 232 g/mol. The van der Waals surface area contributed by atoms with Gasteiger partial charge in [-0.15, -0.1) is 0 Å². The maximum Gasteiger partial charge on any atom is 0.0743 e. The second-order valence-corrected chi connectivity index (χ2v) is 4.41. The summed E-state index contributed by atoms with van der Waals surface area (Å²) in [6.07, 6.45) is 1.72. The van der Waals surface area contributed by atoms with Crippen LogP contribution >= 0.6 is 12.2 Å². The molecule has 1 aliphatic heterocycles. The Labute approximate surface area is 96.4 Å². The summed E-state index contributed by atoms with van der Waals surface area (Å²) >= 11 is 4.94. The summed E-state index contributed by atoms with van der Waals surface area (Å²) in [4.78, 5) is 2.81. The minimum Gasteiger partial charge on any atom is -0.395 e. The molecule has 0 aromatic heterocycles. The van der Waals surface area contributed by atoms with E-state index in [0.717, 1.165) is 26.0 Å². The highest BCUT2D eigenvalue weighted by Crippen LogP contribution is 2.16. The Balaban J connectivity index is 2.58. The molecule has 0 saturated carbocycles. The summed E-state index contributed by atoms with van der Waals surface area (Å²) in [5, 5.41) is 9.25. The molecular weight excluding hydrogens is 212 g/mol. The molecule has 0 spiro atoms. The van der Waals surface area contributed by atoms with E-state index >= 15 is 0 Å². The molecule has 0 amide bonds. The zero-order valence-corrected chi connectivity index (χ0v) is 10.0. The number of aliphatic hydroxyl groups is 1. The van der Waals surface area contributed by atoms with E-state index in [-0.39, 0.29) is 12.6 Å². The van der Waals surface area contributed by atoms with Crippen LogP contribution in [0.1, 0.15) is 19.8 Å². The van der Waals surface area contributed by atoms with Crippen molar-refractivity contribution in [3.8, 4) is 0 Å². The van der Waals surface area contributed by atoms with Gasteiger partial charge in [0.05, 0.1) is 30.9 Å². The number of hydrogen-bond acceptors (Lipinski definition) is 4. The summed E-state index contributed by atoms with van der Waals surface area (Å²) in [6.45, 7) is 4.43. The van der Waals surface area contributed by atoms with Crippen molar-refractivity contribution in [3.05, 3.63) is 0 Å². The fraction of sp³-hybridized carbons (Fsp3) is 0.900. The van der Waals surface area contributed by atoms with Crippen molar-refractivity contribution in [1.29, 1.82) is 0 Å². The van der Waals surface area contributed by atoms with Crippen molar-refractivity contribution in [2.24, 2.45) is 5.73 Å². The topological polar surface area (TPSA) is 58.7 Å². The molecule has 15 heavy (non-hydrogen) atoms. The van der Waals surface area contributed by atoms with E-state index in [1.54, 1.807) is 0 Å². The summed E-state index contributed by atoms with van der Waals surface area (Å²) in [7, 11) is 0. The summed E-state index contributed by atoms with van der Waals surface area (Å²) in [5.74, 6) is 0. The lowest BCUT2D eigenvalue weighted by Crippen LogP contribution is -2.53. The van der Waals surface area contributed by atoms with E-state index in [4.69, 9.17) is 22.7 Å². The Morgan fingerprint density at radius 2 is 2.47 bits per heavy atom. The van der Waals surface area contributed by atoms with Crippen LogP contribution in [0.3, 0.4) is 0 Å². The van der Waals surface area contributed by atoms with Crippen LogP contribution in [0.5, 0.6) is 0 Å². The van der Waals surface area contributed by atoms with Crippen molar-refractivity contribution in [1.82, 2.24) is 4.90 Å². The lowest BCUT2D eigenvalue weighted by atomic mass is 10.1. The number of nitrogens with two attached hydrogens (primary N) is 1. The van der Waals surface area contributed by atoms with E-state index in [1.165, 1.54) is 0 Å². The molecule has 5 heteroatoms. The van der Waals surface area contributed by atoms with Gasteiger partial charge in [-0.1, -0.05) is 19.1 Å². The highest BCUT2D eigenvalue weighted by atomic mass is 32.1. The van der Waals surface area contributed by atoms with Crippen LogP contribution in [-0.4, -0.2) is 53.4 Å². The molecule has 1 saturated heterocycles. The molecule has 0 aromatic carbocycles. The largest absolute Gasteiger partial charge is 0.395 e. The number of morpholine rings is 1. The van der Waals surface area contributed by atoms with E-state index in [2.05, 4.69) is 11.8 Å². The average Bonchev–Trinajstić information content (AvgIpc) is 2.25. The molecule has 1 fully saturated rings. The van der Waals surface area contributed by atoms with Crippen molar-refractivity contribution in [2.45, 2.75) is 31.8 Å². The van der Waals surface area contributed by atoms with Gasteiger partial charge in [0.25, 0.3) is 0 Å². The van der Waals surface area contributed by atoms with Gasteiger partial charge < -0.3 is 15.6 Å². The molecule has 88 valence electrons. The molecule has 2 unspecified atom stereocenters. The molecule has 4 nitrogen and oxygen atoms in total.